The molecule has 0 saturated heterocycles. The van der Waals surface area contributed by atoms with Gasteiger partial charge in [0.1, 0.15) is 0 Å². The van der Waals surface area contributed by atoms with E-state index in [4.69, 9.17) is 4.74 Å². The third-order valence-electron chi connectivity index (χ3n) is 3.93. The first-order chi connectivity index (χ1) is 11.6. The van der Waals surface area contributed by atoms with Crippen LogP contribution in [0, 0.1) is 6.92 Å². The van der Waals surface area contributed by atoms with E-state index < -0.39 is 5.97 Å². The number of carbonyl (C=O) groups is 2. The number of para-hydroxylation sites is 1. The molecule has 3 aromatic carbocycles. The smallest absolute Gasteiger partial charge is 0.339 e. The summed E-state index contributed by atoms with van der Waals surface area (Å²) in [7, 11) is 1.32. The predicted octanol–water partition coefficient (Wildman–Crippen LogP) is 4.19. The largest absolute Gasteiger partial charge is 0.465 e. The Kier molecular flexibility index (Phi) is 4.29. The van der Waals surface area contributed by atoms with E-state index in [2.05, 4.69) is 5.32 Å². The highest BCUT2D eigenvalue weighted by atomic mass is 16.5. The van der Waals surface area contributed by atoms with Crippen molar-refractivity contribution < 1.29 is 14.3 Å². The van der Waals surface area contributed by atoms with Crippen molar-refractivity contribution in [3.05, 3.63) is 77.4 Å². The van der Waals surface area contributed by atoms with Crippen molar-refractivity contribution in [1.29, 1.82) is 0 Å². The molecule has 24 heavy (non-hydrogen) atoms. The van der Waals surface area contributed by atoms with E-state index in [-0.39, 0.29) is 5.91 Å². The molecule has 0 radical (unpaired) electrons. The van der Waals surface area contributed by atoms with E-state index in [1.54, 1.807) is 18.2 Å². The lowest BCUT2D eigenvalue weighted by Gasteiger charge is -2.13. The van der Waals surface area contributed by atoms with Crippen LogP contribution in [0.4, 0.5) is 5.69 Å². The average Bonchev–Trinajstić information content (AvgIpc) is 2.62. The standard InChI is InChI=1S/C20H17NO3/c1-13-6-5-9-17(20(23)24-2)18(13)21-19(22)16-11-10-14-7-3-4-8-15(14)12-16/h3-12H,1-2H3,(H,21,22). The first kappa shape index (κ1) is 15.7. The summed E-state index contributed by atoms with van der Waals surface area (Å²) >= 11 is 0. The molecule has 0 aromatic heterocycles. The van der Waals surface area contributed by atoms with Gasteiger partial charge >= 0.3 is 5.97 Å². The zero-order chi connectivity index (χ0) is 17.1. The summed E-state index contributed by atoms with van der Waals surface area (Å²) in [4.78, 5) is 24.5. The van der Waals surface area contributed by atoms with Crippen LogP contribution in [0.25, 0.3) is 10.8 Å². The van der Waals surface area contributed by atoms with Crippen molar-refractivity contribution in [1.82, 2.24) is 0 Å². The number of rotatable bonds is 3. The number of carbonyl (C=O) groups excluding carboxylic acids is 2. The lowest BCUT2D eigenvalue weighted by molar-refractivity contribution is 0.0602. The van der Waals surface area contributed by atoms with E-state index in [0.717, 1.165) is 16.3 Å². The highest BCUT2D eigenvalue weighted by Gasteiger charge is 2.16. The molecular weight excluding hydrogens is 302 g/mol. The van der Waals surface area contributed by atoms with Crippen molar-refractivity contribution >= 4 is 28.3 Å². The Morgan fingerprint density at radius 1 is 0.917 bits per heavy atom. The molecule has 120 valence electrons. The minimum atomic E-state index is -0.479. The van der Waals surface area contributed by atoms with Gasteiger partial charge in [0, 0.05) is 5.56 Å². The SMILES string of the molecule is COC(=O)c1cccc(C)c1NC(=O)c1ccc2ccccc2c1. The lowest BCUT2D eigenvalue weighted by atomic mass is 10.1. The molecule has 0 aliphatic heterocycles. The fourth-order valence-corrected chi connectivity index (χ4v) is 2.63. The van der Waals surface area contributed by atoms with Crippen LogP contribution >= 0.6 is 0 Å². The average molecular weight is 319 g/mol. The topological polar surface area (TPSA) is 55.4 Å². The first-order valence-electron chi connectivity index (χ1n) is 7.58. The van der Waals surface area contributed by atoms with E-state index >= 15 is 0 Å². The van der Waals surface area contributed by atoms with Gasteiger partial charge in [0.05, 0.1) is 18.4 Å². The number of aryl methyl sites for hydroxylation is 1. The number of methoxy groups -OCH3 is 1. The fraction of sp³-hybridized carbons (Fsp3) is 0.100. The Morgan fingerprint density at radius 2 is 1.67 bits per heavy atom. The number of fused-ring (bicyclic) bond motifs is 1. The van der Waals surface area contributed by atoms with Crippen molar-refractivity contribution in [2.24, 2.45) is 0 Å². The minimum Gasteiger partial charge on any atom is -0.465 e. The van der Waals surface area contributed by atoms with Crippen molar-refractivity contribution in [3.8, 4) is 0 Å². The van der Waals surface area contributed by atoms with Crippen LogP contribution in [0.1, 0.15) is 26.3 Å². The quantitative estimate of drug-likeness (QED) is 0.737. The van der Waals surface area contributed by atoms with E-state index in [1.807, 2.05) is 49.4 Å². The van der Waals surface area contributed by atoms with Gasteiger partial charge in [-0.05, 0) is 41.5 Å². The van der Waals surface area contributed by atoms with Gasteiger partial charge in [-0.1, -0.05) is 42.5 Å². The molecule has 0 fully saturated rings. The summed E-state index contributed by atoms with van der Waals surface area (Å²) in [6.45, 7) is 1.84. The molecule has 0 aliphatic carbocycles. The van der Waals surface area contributed by atoms with Gasteiger partial charge in [0.2, 0.25) is 0 Å². The van der Waals surface area contributed by atoms with Crippen molar-refractivity contribution in [2.45, 2.75) is 6.92 Å². The lowest BCUT2D eigenvalue weighted by Crippen LogP contribution is -2.16. The molecule has 3 aromatic rings. The van der Waals surface area contributed by atoms with Crippen LogP contribution in [0.2, 0.25) is 0 Å². The second-order valence-corrected chi connectivity index (χ2v) is 5.51. The molecule has 0 aliphatic rings. The molecular formula is C20H17NO3. The molecule has 1 N–H and O–H groups in total. The monoisotopic (exact) mass is 319 g/mol. The zero-order valence-electron chi connectivity index (χ0n) is 13.5. The van der Waals surface area contributed by atoms with Gasteiger partial charge in [0.25, 0.3) is 5.91 Å². The first-order valence-corrected chi connectivity index (χ1v) is 7.58. The summed E-state index contributed by atoms with van der Waals surface area (Å²) in [5.74, 6) is -0.743. The number of anilines is 1. The molecule has 4 heteroatoms. The minimum absolute atomic E-state index is 0.264. The molecule has 0 saturated carbocycles. The highest BCUT2D eigenvalue weighted by Crippen LogP contribution is 2.23. The van der Waals surface area contributed by atoms with Crippen LogP contribution in [0.3, 0.4) is 0 Å². The predicted molar refractivity (Wildman–Crippen MR) is 94.4 cm³/mol. The Bertz CT molecular complexity index is 931. The number of hydrogen-bond acceptors (Lipinski definition) is 3. The van der Waals surface area contributed by atoms with Crippen molar-refractivity contribution in [2.75, 3.05) is 12.4 Å². The summed E-state index contributed by atoms with van der Waals surface area (Å²) in [5.41, 5.74) is 2.15. The maximum Gasteiger partial charge on any atom is 0.339 e. The number of nitrogens with one attached hydrogen (secondary N) is 1. The van der Waals surface area contributed by atoms with Gasteiger partial charge in [-0.3, -0.25) is 4.79 Å². The fourth-order valence-electron chi connectivity index (χ4n) is 2.63. The van der Waals surface area contributed by atoms with Gasteiger partial charge in [-0.2, -0.15) is 0 Å². The van der Waals surface area contributed by atoms with Crippen LogP contribution in [-0.2, 0) is 4.74 Å². The molecule has 4 nitrogen and oxygen atoms in total. The Labute approximate surface area is 140 Å². The normalized spacial score (nSPS) is 10.4. The third-order valence-corrected chi connectivity index (χ3v) is 3.93. The highest BCUT2D eigenvalue weighted by molar-refractivity contribution is 6.09. The second kappa shape index (κ2) is 6.54. The van der Waals surface area contributed by atoms with E-state index in [1.165, 1.54) is 7.11 Å². The van der Waals surface area contributed by atoms with Gasteiger partial charge in [-0.25, -0.2) is 4.79 Å². The van der Waals surface area contributed by atoms with E-state index in [0.29, 0.717) is 16.8 Å². The van der Waals surface area contributed by atoms with Gasteiger partial charge in [-0.15, -0.1) is 0 Å². The summed E-state index contributed by atoms with van der Waals surface area (Å²) in [6, 6.07) is 18.6. The summed E-state index contributed by atoms with van der Waals surface area (Å²) in [6.07, 6.45) is 0. The van der Waals surface area contributed by atoms with Gasteiger partial charge < -0.3 is 10.1 Å². The Balaban J connectivity index is 1.95. The van der Waals surface area contributed by atoms with Crippen LogP contribution in [-0.4, -0.2) is 19.0 Å². The van der Waals surface area contributed by atoms with Gasteiger partial charge in [0.15, 0.2) is 0 Å². The zero-order valence-corrected chi connectivity index (χ0v) is 13.5. The summed E-state index contributed by atoms with van der Waals surface area (Å²) < 4.78 is 4.79. The molecule has 1 amide bonds. The third kappa shape index (κ3) is 2.99. The van der Waals surface area contributed by atoms with Crippen LogP contribution < -0.4 is 5.32 Å². The number of ether oxygens (including phenoxy) is 1. The second-order valence-electron chi connectivity index (χ2n) is 5.51. The Hall–Kier alpha value is -3.14. The molecule has 0 bridgehead atoms. The molecule has 0 spiro atoms. The van der Waals surface area contributed by atoms with Crippen molar-refractivity contribution in [3.63, 3.8) is 0 Å². The molecule has 3 rings (SSSR count). The maximum absolute atomic E-state index is 12.6. The number of benzene rings is 3. The van der Waals surface area contributed by atoms with Crippen LogP contribution in [0.5, 0.6) is 0 Å². The molecule has 0 atom stereocenters. The van der Waals surface area contributed by atoms with E-state index in [9.17, 15) is 9.59 Å². The molecule has 0 heterocycles. The number of hydrogen-bond donors (Lipinski definition) is 1. The number of amides is 1. The Morgan fingerprint density at radius 3 is 2.42 bits per heavy atom. The molecule has 0 unspecified atom stereocenters. The van der Waals surface area contributed by atoms with Crippen LogP contribution in [0.15, 0.2) is 60.7 Å². The summed E-state index contributed by atoms with van der Waals surface area (Å²) in [5, 5.41) is 4.89. The number of esters is 1. The maximum atomic E-state index is 12.6.